The Balaban J connectivity index is 0. The number of thioether (sulfide) groups is 1. The van der Waals surface area contributed by atoms with Crippen molar-refractivity contribution in [2.24, 2.45) is 0 Å². The molecule has 2 N–H and O–H groups in total. The van der Waals surface area contributed by atoms with Gasteiger partial charge in [-0.15, -0.1) is 0 Å². The molecule has 6 nitrogen and oxygen atoms in total. The maximum atomic E-state index is 10.3. The van der Waals surface area contributed by atoms with E-state index in [2.05, 4.69) is 0 Å². The molecule has 0 aromatic rings. The lowest BCUT2D eigenvalue weighted by Gasteiger charge is -1.90. The van der Waals surface area contributed by atoms with E-state index in [0.717, 1.165) is 12.0 Å². The second-order valence-corrected chi connectivity index (χ2v) is 6.16. The third-order valence-corrected chi connectivity index (χ3v) is 2.76. The molecule has 0 heterocycles. The number of sulfone groups is 1. The Morgan fingerprint density at radius 3 is 1.69 bits per heavy atom. The molecular weight excluding hydrogens is 256 g/mol. The van der Waals surface area contributed by atoms with Gasteiger partial charge >= 0.3 is 11.9 Å². The van der Waals surface area contributed by atoms with Gasteiger partial charge in [-0.2, -0.15) is 11.8 Å². The fourth-order valence-electron chi connectivity index (χ4n) is 0.462. The Morgan fingerprint density at radius 1 is 1.12 bits per heavy atom. The van der Waals surface area contributed by atoms with Gasteiger partial charge in [0.2, 0.25) is 0 Å². The van der Waals surface area contributed by atoms with Crippen molar-refractivity contribution < 1.29 is 28.2 Å². The Hall–Kier alpha value is -0.760. The van der Waals surface area contributed by atoms with E-state index in [1.54, 1.807) is 11.8 Å². The van der Waals surface area contributed by atoms with Gasteiger partial charge in [0, 0.05) is 12.0 Å². The number of hydrogen-bond acceptors (Lipinski definition) is 5. The first-order chi connectivity index (χ1) is 7.19. The molecule has 0 aliphatic carbocycles. The number of aliphatic carboxylic acids is 2. The van der Waals surface area contributed by atoms with Crippen LogP contribution in [-0.2, 0) is 19.4 Å². The third kappa shape index (κ3) is 23.2. The molecule has 0 atom stereocenters. The number of carboxylic acid groups (broad SMARTS) is 2. The molecular formula is C8H16O6S2. The lowest BCUT2D eigenvalue weighted by atomic mass is 10.5. The fraction of sp³-hybridized carbons (Fsp3) is 0.750. The van der Waals surface area contributed by atoms with Crippen LogP contribution >= 0.6 is 11.8 Å². The SMILES string of the molecule is CS(=O)(=O)CCC(=O)O.CSCCC(=O)O. The lowest BCUT2D eigenvalue weighted by Crippen LogP contribution is -2.07. The largest absolute Gasteiger partial charge is 0.481 e. The molecule has 8 heteroatoms. The van der Waals surface area contributed by atoms with Gasteiger partial charge in [-0.1, -0.05) is 0 Å². The Kier molecular flexibility index (Phi) is 10.4. The molecule has 16 heavy (non-hydrogen) atoms. The highest BCUT2D eigenvalue weighted by atomic mass is 32.2. The summed E-state index contributed by atoms with van der Waals surface area (Å²) in [5.74, 6) is -1.35. The van der Waals surface area contributed by atoms with Gasteiger partial charge < -0.3 is 10.2 Å². The summed E-state index contributed by atoms with van der Waals surface area (Å²) in [7, 11) is -3.10. The minimum atomic E-state index is -3.10. The standard InChI is InChI=1S/C4H8O4S.C4H8O2S/c1-9(7,8)3-2-4(5)6;1-7-3-2-4(5)6/h2-3H2,1H3,(H,5,6);2-3H2,1H3,(H,5,6). The zero-order valence-corrected chi connectivity index (χ0v) is 10.8. The molecule has 0 aromatic carbocycles. The predicted molar refractivity (Wildman–Crippen MR) is 62.6 cm³/mol. The minimum Gasteiger partial charge on any atom is -0.481 e. The molecule has 0 aliphatic rings. The first kappa shape index (κ1) is 17.6. The summed E-state index contributed by atoms with van der Waals surface area (Å²) in [5, 5.41) is 16.0. The first-order valence-corrected chi connectivity index (χ1v) is 7.74. The van der Waals surface area contributed by atoms with Crippen LogP contribution in [0, 0.1) is 0 Å². The summed E-state index contributed by atoms with van der Waals surface area (Å²) >= 11 is 1.55. The normalized spacial score (nSPS) is 10.1. The fourth-order valence-corrected chi connectivity index (χ4v) is 1.39. The average Bonchev–Trinajstić information content (AvgIpc) is 2.11. The first-order valence-electron chi connectivity index (χ1n) is 4.29. The number of hydrogen-bond donors (Lipinski definition) is 2. The van der Waals surface area contributed by atoms with Crippen molar-refractivity contribution in [2.45, 2.75) is 12.8 Å². The number of rotatable bonds is 6. The predicted octanol–water partition coefficient (Wildman–Crippen LogP) is 0.330. The van der Waals surface area contributed by atoms with Gasteiger partial charge in [0.15, 0.2) is 0 Å². The Bertz CT molecular complexity index is 308. The monoisotopic (exact) mass is 272 g/mol. The summed E-state index contributed by atoms with van der Waals surface area (Å²) in [5.41, 5.74) is 0. The Morgan fingerprint density at radius 2 is 1.56 bits per heavy atom. The second kappa shape index (κ2) is 9.46. The van der Waals surface area contributed by atoms with E-state index in [0.29, 0.717) is 0 Å². The highest BCUT2D eigenvalue weighted by Gasteiger charge is 2.04. The van der Waals surface area contributed by atoms with Crippen LogP contribution in [0.15, 0.2) is 0 Å². The van der Waals surface area contributed by atoms with Crippen molar-refractivity contribution in [2.75, 3.05) is 24.0 Å². The van der Waals surface area contributed by atoms with Crippen molar-refractivity contribution in [1.82, 2.24) is 0 Å². The van der Waals surface area contributed by atoms with Crippen molar-refractivity contribution >= 4 is 33.5 Å². The van der Waals surface area contributed by atoms with Crippen LogP contribution in [0.1, 0.15) is 12.8 Å². The van der Waals surface area contributed by atoms with Gasteiger partial charge in [0.05, 0.1) is 18.6 Å². The topological polar surface area (TPSA) is 109 Å². The lowest BCUT2D eigenvalue weighted by molar-refractivity contribution is -0.137. The summed E-state index contributed by atoms with van der Waals surface area (Å²) < 4.78 is 20.5. The third-order valence-electron chi connectivity index (χ3n) is 1.21. The van der Waals surface area contributed by atoms with E-state index in [1.807, 2.05) is 6.26 Å². The molecule has 0 aliphatic heterocycles. The van der Waals surface area contributed by atoms with E-state index >= 15 is 0 Å². The molecule has 0 amide bonds. The van der Waals surface area contributed by atoms with Crippen molar-refractivity contribution in [3.8, 4) is 0 Å². The summed E-state index contributed by atoms with van der Waals surface area (Å²) in [6.45, 7) is 0. The molecule has 0 aromatic heterocycles. The maximum absolute atomic E-state index is 10.3. The van der Waals surface area contributed by atoms with Crippen LogP contribution < -0.4 is 0 Å². The molecule has 0 rings (SSSR count). The minimum absolute atomic E-state index is 0.275. The van der Waals surface area contributed by atoms with Crippen LogP contribution in [0.5, 0.6) is 0 Å². The molecule has 0 saturated carbocycles. The van der Waals surface area contributed by atoms with Gasteiger partial charge in [0.1, 0.15) is 9.84 Å². The van der Waals surface area contributed by atoms with Gasteiger partial charge in [-0.3, -0.25) is 9.59 Å². The molecule has 0 unspecified atom stereocenters. The van der Waals surface area contributed by atoms with E-state index in [-0.39, 0.29) is 18.6 Å². The van der Waals surface area contributed by atoms with Crippen LogP contribution in [0.3, 0.4) is 0 Å². The maximum Gasteiger partial charge on any atom is 0.304 e. The molecule has 0 saturated heterocycles. The average molecular weight is 272 g/mol. The van der Waals surface area contributed by atoms with E-state index < -0.39 is 21.8 Å². The van der Waals surface area contributed by atoms with Gasteiger partial charge in [0.25, 0.3) is 0 Å². The van der Waals surface area contributed by atoms with E-state index in [1.165, 1.54) is 0 Å². The summed E-state index contributed by atoms with van der Waals surface area (Å²) in [6.07, 6.45) is 2.87. The van der Waals surface area contributed by atoms with Crippen LogP contribution in [-0.4, -0.2) is 54.6 Å². The van der Waals surface area contributed by atoms with Gasteiger partial charge in [-0.25, -0.2) is 8.42 Å². The van der Waals surface area contributed by atoms with Gasteiger partial charge in [-0.05, 0) is 6.26 Å². The van der Waals surface area contributed by atoms with Crippen LogP contribution in [0.4, 0.5) is 0 Å². The summed E-state index contributed by atoms with van der Waals surface area (Å²) in [6, 6.07) is 0. The highest BCUT2D eigenvalue weighted by Crippen LogP contribution is 1.93. The molecule has 0 fully saturated rings. The van der Waals surface area contributed by atoms with E-state index in [4.69, 9.17) is 10.2 Å². The zero-order valence-electron chi connectivity index (χ0n) is 9.17. The van der Waals surface area contributed by atoms with E-state index in [9.17, 15) is 18.0 Å². The van der Waals surface area contributed by atoms with Crippen LogP contribution in [0.25, 0.3) is 0 Å². The van der Waals surface area contributed by atoms with Crippen molar-refractivity contribution in [1.29, 1.82) is 0 Å². The zero-order chi connectivity index (χ0) is 13.2. The molecule has 0 radical (unpaired) electrons. The Labute approximate surface area is 99.0 Å². The quantitative estimate of drug-likeness (QED) is 0.717. The van der Waals surface area contributed by atoms with Crippen LogP contribution in [0.2, 0.25) is 0 Å². The number of carboxylic acids is 2. The number of carbonyl (C=O) groups is 2. The van der Waals surface area contributed by atoms with Crippen molar-refractivity contribution in [3.05, 3.63) is 0 Å². The smallest absolute Gasteiger partial charge is 0.304 e. The molecule has 0 spiro atoms. The molecule has 96 valence electrons. The second-order valence-electron chi connectivity index (χ2n) is 2.91. The molecule has 0 bridgehead atoms. The highest BCUT2D eigenvalue weighted by molar-refractivity contribution is 7.98. The van der Waals surface area contributed by atoms with Crippen molar-refractivity contribution in [3.63, 3.8) is 0 Å². The summed E-state index contributed by atoms with van der Waals surface area (Å²) in [4.78, 5) is 19.5.